The van der Waals surface area contributed by atoms with E-state index in [1.54, 1.807) is 23.5 Å². The van der Waals surface area contributed by atoms with E-state index in [2.05, 4.69) is 4.98 Å². The van der Waals surface area contributed by atoms with Crippen molar-refractivity contribution in [2.45, 2.75) is 4.90 Å². The Hall–Kier alpha value is -1.72. The van der Waals surface area contributed by atoms with Crippen molar-refractivity contribution in [1.82, 2.24) is 4.98 Å². The van der Waals surface area contributed by atoms with Crippen LogP contribution >= 0.6 is 11.3 Å². The van der Waals surface area contributed by atoms with Gasteiger partial charge in [-0.1, -0.05) is 18.2 Å². The highest BCUT2D eigenvalue weighted by Crippen LogP contribution is 2.26. The fourth-order valence-corrected chi connectivity index (χ4v) is 3.22. The molecule has 0 saturated carbocycles. The van der Waals surface area contributed by atoms with Gasteiger partial charge in [-0.15, -0.1) is 11.3 Å². The van der Waals surface area contributed by atoms with Crippen molar-refractivity contribution < 1.29 is 8.42 Å². The molecule has 3 nitrogen and oxygen atoms in total. The highest BCUT2D eigenvalue weighted by atomic mass is 32.2. The molecule has 5 heteroatoms. The number of hydrogen-bond donors (Lipinski definition) is 0. The number of nitrogens with zero attached hydrogens (tertiary/aromatic N) is 1. The molecule has 0 spiro atoms. The molecule has 0 fully saturated rings. The van der Waals surface area contributed by atoms with Crippen LogP contribution in [0.15, 0.2) is 52.9 Å². The van der Waals surface area contributed by atoms with E-state index >= 15 is 0 Å². The molecular formula is C14H11NO2S2. The smallest absolute Gasteiger partial charge is 0.175 e. The molecule has 19 heavy (non-hydrogen) atoms. The van der Waals surface area contributed by atoms with Gasteiger partial charge in [0.05, 0.1) is 20.6 Å². The van der Waals surface area contributed by atoms with E-state index in [9.17, 15) is 8.42 Å². The third-order valence-corrected chi connectivity index (χ3v) is 4.88. The molecule has 0 bridgehead atoms. The average Bonchev–Trinajstić information content (AvgIpc) is 2.85. The number of rotatable bonds is 2. The molecule has 0 amide bonds. The first-order valence-corrected chi connectivity index (χ1v) is 8.45. The van der Waals surface area contributed by atoms with E-state index in [4.69, 9.17) is 0 Å². The number of aromatic nitrogens is 1. The van der Waals surface area contributed by atoms with Crippen LogP contribution in [-0.2, 0) is 9.84 Å². The summed E-state index contributed by atoms with van der Waals surface area (Å²) in [4.78, 5) is 4.62. The third kappa shape index (κ3) is 2.39. The Labute approximate surface area is 115 Å². The van der Waals surface area contributed by atoms with Crippen LogP contribution in [0.1, 0.15) is 0 Å². The number of thiazole rings is 1. The number of hydrogen-bond acceptors (Lipinski definition) is 4. The largest absolute Gasteiger partial charge is 0.245 e. The van der Waals surface area contributed by atoms with Crippen LogP contribution in [0.4, 0.5) is 0 Å². The molecule has 0 aliphatic heterocycles. The summed E-state index contributed by atoms with van der Waals surface area (Å²) in [5.74, 6) is 0. The van der Waals surface area contributed by atoms with E-state index in [1.165, 1.54) is 6.26 Å². The number of fused-ring (bicyclic) bond motifs is 1. The van der Waals surface area contributed by atoms with Crippen molar-refractivity contribution in [2.24, 2.45) is 0 Å². The second-order valence-corrected chi connectivity index (χ2v) is 7.23. The van der Waals surface area contributed by atoms with Gasteiger partial charge in [-0.05, 0) is 35.4 Å². The van der Waals surface area contributed by atoms with E-state index in [0.717, 1.165) is 21.3 Å². The van der Waals surface area contributed by atoms with Crippen LogP contribution in [0.3, 0.4) is 0 Å². The predicted octanol–water partition coefficient (Wildman–Crippen LogP) is 3.37. The Kier molecular flexibility index (Phi) is 2.88. The van der Waals surface area contributed by atoms with E-state index in [0.29, 0.717) is 4.90 Å². The quantitative estimate of drug-likeness (QED) is 0.726. The molecule has 96 valence electrons. The minimum absolute atomic E-state index is 0.339. The lowest BCUT2D eigenvalue weighted by Gasteiger charge is -2.03. The summed E-state index contributed by atoms with van der Waals surface area (Å²) in [6, 6.07) is 13.0. The van der Waals surface area contributed by atoms with Crippen molar-refractivity contribution in [3.8, 4) is 11.1 Å². The first kappa shape index (κ1) is 12.3. The SMILES string of the molecule is CS(=O)(=O)c1ccc(-c2ccc3scnc3c2)cc1. The summed E-state index contributed by atoms with van der Waals surface area (Å²) < 4.78 is 24.0. The molecule has 1 heterocycles. The fraction of sp³-hybridized carbons (Fsp3) is 0.0714. The molecule has 2 aromatic carbocycles. The standard InChI is InChI=1S/C14H11NO2S2/c1-19(16,17)12-5-2-10(3-6-12)11-4-7-14-13(8-11)15-9-18-14/h2-9H,1H3. The Morgan fingerprint density at radius 1 is 1.00 bits per heavy atom. The van der Waals surface area contributed by atoms with E-state index in [-0.39, 0.29) is 0 Å². The monoisotopic (exact) mass is 289 g/mol. The minimum Gasteiger partial charge on any atom is -0.245 e. The van der Waals surface area contributed by atoms with Crippen LogP contribution in [-0.4, -0.2) is 19.7 Å². The van der Waals surface area contributed by atoms with Crippen molar-refractivity contribution in [3.63, 3.8) is 0 Å². The van der Waals surface area contributed by atoms with Crippen LogP contribution < -0.4 is 0 Å². The number of sulfone groups is 1. The lowest BCUT2D eigenvalue weighted by molar-refractivity contribution is 0.602. The van der Waals surface area contributed by atoms with Gasteiger partial charge in [-0.2, -0.15) is 0 Å². The van der Waals surface area contributed by atoms with Crippen LogP contribution in [0.2, 0.25) is 0 Å². The predicted molar refractivity (Wildman–Crippen MR) is 78.2 cm³/mol. The molecule has 0 N–H and O–H groups in total. The molecule has 1 aromatic heterocycles. The second-order valence-electron chi connectivity index (χ2n) is 4.33. The summed E-state index contributed by atoms with van der Waals surface area (Å²) in [5.41, 5.74) is 4.82. The van der Waals surface area contributed by atoms with Crippen molar-refractivity contribution in [1.29, 1.82) is 0 Å². The molecular weight excluding hydrogens is 278 g/mol. The highest BCUT2D eigenvalue weighted by Gasteiger charge is 2.07. The van der Waals surface area contributed by atoms with Gasteiger partial charge < -0.3 is 0 Å². The molecule has 3 rings (SSSR count). The fourth-order valence-electron chi connectivity index (χ4n) is 1.93. The normalized spacial score (nSPS) is 11.8. The van der Waals surface area contributed by atoms with Crippen molar-refractivity contribution in [3.05, 3.63) is 48.0 Å². The lowest BCUT2D eigenvalue weighted by atomic mass is 10.1. The Bertz CT molecular complexity index is 833. The van der Waals surface area contributed by atoms with Gasteiger partial charge in [0, 0.05) is 6.26 Å². The van der Waals surface area contributed by atoms with Gasteiger partial charge in [-0.25, -0.2) is 13.4 Å². The second kappa shape index (κ2) is 4.43. The minimum atomic E-state index is -3.14. The summed E-state index contributed by atoms with van der Waals surface area (Å²) >= 11 is 1.61. The molecule has 0 atom stereocenters. The maximum Gasteiger partial charge on any atom is 0.175 e. The van der Waals surface area contributed by atoms with Crippen LogP contribution in [0, 0.1) is 0 Å². The number of benzene rings is 2. The molecule has 0 aliphatic rings. The molecule has 0 radical (unpaired) electrons. The van der Waals surface area contributed by atoms with E-state index in [1.807, 2.05) is 35.8 Å². The summed E-state index contributed by atoms with van der Waals surface area (Å²) in [7, 11) is -3.14. The summed E-state index contributed by atoms with van der Waals surface area (Å²) in [6.07, 6.45) is 1.21. The van der Waals surface area contributed by atoms with Gasteiger partial charge in [0.25, 0.3) is 0 Å². The first-order chi connectivity index (χ1) is 9.04. The third-order valence-electron chi connectivity index (χ3n) is 2.95. The van der Waals surface area contributed by atoms with Crippen LogP contribution in [0.5, 0.6) is 0 Å². The zero-order valence-electron chi connectivity index (χ0n) is 10.2. The lowest BCUT2D eigenvalue weighted by Crippen LogP contribution is -1.96. The average molecular weight is 289 g/mol. The maximum absolute atomic E-state index is 11.4. The van der Waals surface area contributed by atoms with Gasteiger partial charge in [0.1, 0.15) is 0 Å². The first-order valence-electron chi connectivity index (χ1n) is 5.68. The molecule has 0 unspecified atom stereocenters. The van der Waals surface area contributed by atoms with Crippen LogP contribution in [0.25, 0.3) is 21.3 Å². The van der Waals surface area contributed by atoms with Gasteiger partial charge in [0.15, 0.2) is 9.84 Å². The molecule has 0 aliphatic carbocycles. The van der Waals surface area contributed by atoms with E-state index < -0.39 is 9.84 Å². The summed E-state index contributed by atoms with van der Waals surface area (Å²) in [5, 5.41) is 0. The highest BCUT2D eigenvalue weighted by molar-refractivity contribution is 7.90. The Morgan fingerprint density at radius 2 is 1.68 bits per heavy atom. The Morgan fingerprint density at radius 3 is 2.37 bits per heavy atom. The van der Waals surface area contributed by atoms with Gasteiger partial charge in [0.2, 0.25) is 0 Å². The summed E-state index contributed by atoms with van der Waals surface area (Å²) in [6.45, 7) is 0. The van der Waals surface area contributed by atoms with Crippen molar-refractivity contribution in [2.75, 3.05) is 6.26 Å². The topological polar surface area (TPSA) is 47.0 Å². The maximum atomic E-state index is 11.4. The van der Waals surface area contributed by atoms with Gasteiger partial charge >= 0.3 is 0 Å². The molecule has 0 saturated heterocycles. The zero-order valence-corrected chi connectivity index (χ0v) is 11.8. The molecule has 3 aromatic rings. The van der Waals surface area contributed by atoms with Crippen molar-refractivity contribution >= 4 is 31.4 Å². The Balaban J connectivity index is 2.06. The van der Waals surface area contributed by atoms with Gasteiger partial charge in [-0.3, -0.25) is 0 Å². The zero-order chi connectivity index (χ0) is 13.5.